The Balaban J connectivity index is 2.02. The van der Waals surface area contributed by atoms with Crippen molar-refractivity contribution in [3.8, 4) is 5.75 Å². The average Bonchev–Trinajstić information content (AvgIpc) is 2.96. The number of aryl methyl sites for hydroxylation is 1. The van der Waals surface area contributed by atoms with Gasteiger partial charge in [0.1, 0.15) is 11.6 Å². The van der Waals surface area contributed by atoms with Crippen LogP contribution in [0.15, 0.2) is 23.4 Å². The molecule has 6 heteroatoms. The lowest BCUT2D eigenvalue weighted by Crippen LogP contribution is -2.04. The number of hydrogen-bond acceptors (Lipinski definition) is 5. The van der Waals surface area contributed by atoms with Crippen molar-refractivity contribution in [1.29, 1.82) is 0 Å². The third-order valence-corrected chi connectivity index (χ3v) is 4.29. The van der Waals surface area contributed by atoms with Gasteiger partial charge < -0.3 is 10.1 Å². The van der Waals surface area contributed by atoms with Crippen LogP contribution in [-0.4, -0.2) is 23.3 Å². The first-order valence-electron chi connectivity index (χ1n) is 6.75. The number of rotatable bonds is 4. The van der Waals surface area contributed by atoms with Crippen molar-refractivity contribution >= 4 is 34.9 Å². The molecular weight excluding hydrogens is 306 g/mol. The van der Waals surface area contributed by atoms with Crippen LogP contribution in [0.2, 0.25) is 5.02 Å². The van der Waals surface area contributed by atoms with Gasteiger partial charge >= 0.3 is 0 Å². The Bertz CT molecular complexity index is 678. The summed E-state index contributed by atoms with van der Waals surface area (Å²) in [6, 6.07) is 5.51. The van der Waals surface area contributed by atoms with E-state index in [-0.39, 0.29) is 0 Å². The third-order valence-electron chi connectivity index (χ3n) is 3.51. The van der Waals surface area contributed by atoms with Gasteiger partial charge in [-0.1, -0.05) is 23.4 Å². The van der Waals surface area contributed by atoms with Gasteiger partial charge in [0, 0.05) is 10.6 Å². The molecule has 0 bridgehead atoms. The average molecular weight is 322 g/mol. The molecule has 110 valence electrons. The van der Waals surface area contributed by atoms with Crippen molar-refractivity contribution in [2.24, 2.45) is 0 Å². The number of methoxy groups -OCH3 is 1. The molecule has 0 radical (unpaired) electrons. The van der Waals surface area contributed by atoms with Crippen LogP contribution in [0.25, 0.3) is 0 Å². The van der Waals surface area contributed by atoms with Gasteiger partial charge in [-0.2, -0.15) is 0 Å². The summed E-state index contributed by atoms with van der Waals surface area (Å²) in [5.74, 6) is 1.61. The van der Waals surface area contributed by atoms with Gasteiger partial charge in [0.25, 0.3) is 0 Å². The monoisotopic (exact) mass is 321 g/mol. The SMILES string of the molecule is COc1ccc(Cl)cc1Nc1nc(SC)nc2c1CCC2. The maximum Gasteiger partial charge on any atom is 0.189 e. The van der Waals surface area contributed by atoms with E-state index in [4.69, 9.17) is 16.3 Å². The number of anilines is 2. The molecule has 1 N–H and O–H groups in total. The van der Waals surface area contributed by atoms with Crippen molar-refractivity contribution < 1.29 is 4.74 Å². The van der Waals surface area contributed by atoms with Gasteiger partial charge in [-0.3, -0.25) is 0 Å². The van der Waals surface area contributed by atoms with Crippen LogP contribution in [0.1, 0.15) is 17.7 Å². The van der Waals surface area contributed by atoms with E-state index in [1.165, 1.54) is 5.56 Å². The maximum absolute atomic E-state index is 6.08. The second-order valence-electron chi connectivity index (χ2n) is 4.81. The number of nitrogens with one attached hydrogen (secondary N) is 1. The summed E-state index contributed by atoms with van der Waals surface area (Å²) in [6.45, 7) is 0. The fourth-order valence-corrected chi connectivity index (χ4v) is 3.07. The number of halogens is 1. The molecule has 1 aliphatic carbocycles. The molecule has 1 aliphatic rings. The van der Waals surface area contributed by atoms with Gasteiger partial charge in [0.2, 0.25) is 0 Å². The molecule has 3 rings (SSSR count). The second-order valence-corrected chi connectivity index (χ2v) is 6.02. The maximum atomic E-state index is 6.08. The Morgan fingerprint density at radius 1 is 1.29 bits per heavy atom. The largest absolute Gasteiger partial charge is 0.495 e. The van der Waals surface area contributed by atoms with Crippen LogP contribution in [0.3, 0.4) is 0 Å². The molecule has 21 heavy (non-hydrogen) atoms. The predicted octanol–water partition coefficient (Wildman–Crippen LogP) is 4.09. The van der Waals surface area contributed by atoms with Crippen LogP contribution in [0.4, 0.5) is 11.5 Å². The zero-order valence-corrected chi connectivity index (χ0v) is 13.5. The smallest absolute Gasteiger partial charge is 0.189 e. The summed E-state index contributed by atoms with van der Waals surface area (Å²) >= 11 is 7.64. The molecule has 1 aromatic carbocycles. The Kier molecular flexibility index (Phi) is 4.22. The van der Waals surface area contributed by atoms with Gasteiger partial charge in [0.05, 0.1) is 18.5 Å². The molecule has 0 atom stereocenters. The van der Waals surface area contributed by atoms with Gasteiger partial charge in [-0.05, 0) is 43.7 Å². The van der Waals surface area contributed by atoms with E-state index < -0.39 is 0 Å². The van der Waals surface area contributed by atoms with Crippen LogP contribution < -0.4 is 10.1 Å². The fourth-order valence-electron chi connectivity index (χ4n) is 2.51. The first kappa shape index (κ1) is 14.5. The van der Waals surface area contributed by atoms with Crippen molar-refractivity contribution in [1.82, 2.24) is 9.97 Å². The van der Waals surface area contributed by atoms with E-state index in [1.807, 2.05) is 24.5 Å². The summed E-state index contributed by atoms with van der Waals surface area (Å²) in [4.78, 5) is 9.19. The Hall–Kier alpha value is -1.46. The molecule has 0 unspecified atom stereocenters. The number of fused-ring (bicyclic) bond motifs is 1. The van der Waals surface area contributed by atoms with Crippen molar-refractivity contribution in [2.45, 2.75) is 24.4 Å². The third kappa shape index (κ3) is 2.94. The minimum Gasteiger partial charge on any atom is -0.495 e. The van der Waals surface area contributed by atoms with E-state index in [2.05, 4.69) is 15.3 Å². The van der Waals surface area contributed by atoms with E-state index in [1.54, 1.807) is 18.9 Å². The highest BCUT2D eigenvalue weighted by atomic mass is 35.5. The summed E-state index contributed by atoms with van der Waals surface area (Å²) < 4.78 is 5.38. The number of hydrogen-bond donors (Lipinski definition) is 1. The molecule has 2 aromatic rings. The zero-order valence-electron chi connectivity index (χ0n) is 11.9. The molecule has 1 aromatic heterocycles. The van der Waals surface area contributed by atoms with E-state index >= 15 is 0 Å². The summed E-state index contributed by atoms with van der Waals surface area (Å²) in [6.07, 6.45) is 5.14. The first-order chi connectivity index (χ1) is 10.2. The Labute approximate surface area is 133 Å². The van der Waals surface area contributed by atoms with Crippen LogP contribution in [-0.2, 0) is 12.8 Å². The summed E-state index contributed by atoms with van der Waals surface area (Å²) in [5.41, 5.74) is 3.18. The molecule has 0 aliphatic heterocycles. The lowest BCUT2D eigenvalue weighted by Gasteiger charge is -2.14. The molecule has 0 spiro atoms. The highest BCUT2D eigenvalue weighted by Gasteiger charge is 2.20. The molecule has 1 heterocycles. The Morgan fingerprint density at radius 3 is 2.90 bits per heavy atom. The lowest BCUT2D eigenvalue weighted by molar-refractivity contribution is 0.417. The van der Waals surface area contributed by atoms with Gasteiger partial charge in [-0.15, -0.1) is 0 Å². The van der Waals surface area contributed by atoms with Crippen molar-refractivity contribution in [2.75, 3.05) is 18.7 Å². The van der Waals surface area contributed by atoms with Crippen LogP contribution in [0.5, 0.6) is 5.75 Å². The quantitative estimate of drug-likeness (QED) is 0.678. The molecule has 0 saturated carbocycles. The summed E-state index contributed by atoms with van der Waals surface area (Å²) in [5, 5.41) is 4.82. The van der Waals surface area contributed by atoms with Crippen molar-refractivity contribution in [3.05, 3.63) is 34.5 Å². The highest BCUT2D eigenvalue weighted by Crippen LogP contribution is 2.34. The zero-order chi connectivity index (χ0) is 14.8. The molecular formula is C15H16ClN3OS. The molecule has 4 nitrogen and oxygen atoms in total. The van der Waals surface area contributed by atoms with E-state index in [0.29, 0.717) is 5.02 Å². The molecule has 0 saturated heterocycles. The first-order valence-corrected chi connectivity index (χ1v) is 8.36. The standard InChI is InChI=1S/C15H16ClN3OS/c1-20-13-7-6-9(16)8-12(13)17-14-10-4-3-5-11(10)18-15(19-14)21-2/h6-8H,3-5H2,1-2H3,(H,17,18,19). The summed E-state index contributed by atoms with van der Waals surface area (Å²) in [7, 11) is 1.64. The number of benzene rings is 1. The van der Waals surface area contributed by atoms with Gasteiger partial charge in [0.15, 0.2) is 5.16 Å². The second kappa shape index (κ2) is 6.12. The van der Waals surface area contributed by atoms with Crippen LogP contribution >= 0.6 is 23.4 Å². The molecule has 0 amide bonds. The molecule has 0 fully saturated rings. The number of thioether (sulfide) groups is 1. The predicted molar refractivity (Wildman–Crippen MR) is 87.1 cm³/mol. The highest BCUT2D eigenvalue weighted by molar-refractivity contribution is 7.98. The Morgan fingerprint density at radius 2 is 2.14 bits per heavy atom. The van der Waals surface area contributed by atoms with E-state index in [9.17, 15) is 0 Å². The number of aromatic nitrogens is 2. The normalized spacial score (nSPS) is 13.1. The minimum atomic E-state index is 0.661. The number of nitrogens with zero attached hydrogens (tertiary/aromatic N) is 2. The van der Waals surface area contributed by atoms with Crippen LogP contribution in [0, 0.1) is 0 Å². The van der Waals surface area contributed by atoms with Gasteiger partial charge in [-0.25, -0.2) is 9.97 Å². The van der Waals surface area contributed by atoms with E-state index in [0.717, 1.165) is 47.4 Å². The van der Waals surface area contributed by atoms with Crippen molar-refractivity contribution in [3.63, 3.8) is 0 Å². The fraction of sp³-hybridized carbons (Fsp3) is 0.333. The number of ether oxygens (including phenoxy) is 1. The lowest BCUT2D eigenvalue weighted by atomic mass is 10.2. The minimum absolute atomic E-state index is 0.661. The topological polar surface area (TPSA) is 47.0 Å².